The Kier molecular flexibility index (Phi) is 6.53. The van der Waals surface area contributed by atoms with E-state index in [1.807, 2.05) is 30.3 Å². The maximum Gasteiger partial charge on any atom is 0.324 e. The standard InChI is InChI=1S/C17H18BrNO4S/c1-2-23-17(20)16(12-13-6-4-3-5-7-13)19-24(21,22)15-10-8-14(18)9-11-15/h3-11,16,19H,2,12H2,1H3/t16-/m1/s1. The molecular formula is C17H18BrNO4S. The number of halogens is 1. The number of rotatable bonds is 7. The Hall–Kier alpha value is -1.70. The molecule has 0 unspecified atom stereocenters. The zero-order valence-electron chi connectivity index (χ0n) is 13.1. The van der Waals surface area contributed by atoms with Crippen LogP contribution in [0.4, 0.5) is 0 Å². The molecule has 0 aliphatic heterocycles. The van der Waals surface area contributed by atoms with Crippen molar-refractivity contribution < 1.29 is 17.9 Å². The van der Waals surface area contributed by atoms with E-state index in [1.165, 1.54) is 12.1 Å². The van der Waals surface area contributed by atoms with Crippen LogP contribution < -0.4 is 4.72 Å². The van der Waals surface area contributed by atoms with Gasteiger partial charge in [-0.2, -0.15) is 4.72 Å². The fourth-order valence-corrected chi connectivity index (χ4v) is 3.58. The smallest absolute Gasteiger partial charge is 0.324 e. The Morgan fingerprint density at radius 1 is 1.12 bits per heavy atom. The summed E-state index contributed by atoms with van der Waals surface area (Å²) < 4.78 is 33.3. The van der Waals surface area contributed by atoms with Gasteiger partial charge >= 0.3 is 5.97 Å². The van der Waals surface area contributed by atoms with Gasteiger partial charge in [-0.05, 0) is 43.2 Å². The van der Waals surface area contributed by atoms with Crippen LogP contribution in [-0.4, -0.2) is 27.0 Å². The van der Waals surface area contributed by atoms with Crippen LogP contribution in [-0.2, 0) is 26.0 Å². The van der Waals surface area contributed by atoms with Crippen molar-refractivity contribution in [1.29, 1.82) is 0 Å². The number of sulfonamides is 1. The summed E-state index contributed by atoms with van der Waals surface area (Å²) in [5.41, 5.74) is 0.842. The molecule has 128 valence electrons. The van der Waals surface area contributed by atoms with Crippen LogP contribution in [0.2, 0.25) is 0 Å². The van der Waals surface area contributed by atoms with Crippen LogP contribution in [0.3, 0.4) is 0 Å². The Bertz CT molecular complexity index is 776. The van der Waals surface area contributed by atoms with Crippen LogP contribution in [0.25, 0.3) is 0 Å². The number of ether oxygens (including phenoxy) is 1. The monoisotopic (exact) mass is 411 g/mol. The van der Waals surface area contributed by atoms with E-state index in [0.29, 0.717) is 0 Å². The highest BCUT2D eigenvalue weighted by Gasteiger charge is 2.27. The van der Waals surface area contributed by atoms with Gasteiger partial charge in [0.1, 0.15) is 6.04 Å². The van der Waals surface area contributed by atoms with Crippen molar-refractivity contribution in [3.8, 4) is 0 Å². The van der Waals surface area contributed by atoms with Crippen molar-refractivity contribution in [1.82, 2.24) is 4.72 Å². The summed E-state index contributed by atoms with van der Waals surface area (Å²) in [7, 11) is -3.83. The lowest BCUT2D eigenvalue weighted by Crippen LogP contribution is -2.43. The third-order valence-corrected chi connectivity index (χ3v) is 5.29. The molecule has 1 atom stereocenters. The largest absolute Gasteiger partial charge is 0.465 e. The van der Waals surface area contributed by atoms with E-state index in [9.17, 15) is 13.2 Å². The molecule has 2 rings (SSSR count). The van der Waals surface area contributed by atoms with Crippen molar-refractivity contribution in [2.75, 3.05) is 6.61 Å². The van der Waals surface area contributed by atoms with Crippen LogP contribution in [0.15, 0.2) is 64.0 Å². The van der Waals surface area contributed by atoms with Gasteiger partial charge < -0.3 is 4.74 Å². The normalized spacial score (nSPS) is 12.6. The molecule has 2 aromatic rings. The minimum absolute atomic E-state index is 0.0908. The van der Waals surface area contributed by atoms with Crippen molar-refractivity contribution in [2.45, 2.75) is 24.3 Å². The molecule has 0 aliphatic carbocycles. The van der Waals surface area contributed by atoms with Gasteiger partial charge in [0.15, 0.2) is 0 Å². The zero-order valence-corrected chi connectivity index (χ0v) is 15.5. The van der Waals surface area contributed by atoms with Gasteiger partial charge in [0.2, 0.25) is 10.0 Å². The molecule has 0 heterocycles. The molecule has 0 saturated heterocycles. The number of carbonyl (C=O) groups excluding carboxylic acids is 1. The van der Waals surface area contributed by atoms with Crippen molar-refractivity contribution >= 4 is 31.9 Å². The second-order valence-electron chi connectivity index (χ2n) is 5.07. The second kappa shape index (κ2) is 8.41. The predicted octanol–water partition coefficient (Wildman–Crippen LogP) is 2.90. The Balaban J connectivity index is 2.23. The highest BCUT2D eigenvalue weighted by atomic mass is 79.9. The topological polar surface area (TPSA) is 72.5 Å². The third-order valence-electron chi connectivity index (χ3n) is 3.28. The Morgan fingerprint density at radius 2 is 1.75 bits per heavy atom. The minimum atomic E-state index is -3.83. The maximum absolute atomic E-state index is 12.5. The van der Waals surface area contributed by atoms with Gasteiger partial charge in [-0.25, -0.2) is 8.42 Å². The van der Waals surface area contributed by atoms with Crippen LogP contribution in [0.1, 0.15) is 12.5 Å². The maximum atomic E-state index is 12.5. The summed E-state index contributed by atoms with van der Waals surface area (Å²) in [4.78, 5) is 12.2. The lowest BCUT2D eigenvalue weighted by molar-refractivity contribution is -0.145. The van der Waals surface area contributed by atoms with E-state index < -0.39 is 22.0 Å². The fraction of sp³-hybridized carbons (Fsp3) is 0.235. The van der Waals surface area contributed by atoms with Gasteiger partial charge in [0.05, 0.1) is 11.5 Å². The van der Waals surface area contributed by atoms with E-state index in [4.69, 9.17) is 4.74 Å². The summed E-state index contributed by atoms with van der Waals surface area (Å²) in [5.74, 6) is -0.595. The molecule has 0 aliphatic rings. The lowest BCUT2D eigenvalue weighted by Gasteiger charge is -2.17. The Labute approximate surface area is 150 Å². The van der Waals surface area contributed by atoms with E-state index >= 15 is 0 Å². The third kappa shape index (κ3) is 5.15. The SMILES string of the molecule is CCOC(=O)[C@@H](Cc1ccccc1)NS(=O)(=O)c1ccc(Br)cc1. The van der Waals surface area contributed by atoms with Crippen LogP contribution >= 0.6 is 15.9 Å². The van der Waals surface area contributed by atoms with E-state index in [-0.39, 0.29) is 17.9 Å². The summed E-state index contributed by atoms with van der Waals surface area (Å²) in [6.07, 6.45) is 0.218. The molecule has 0 aromatic heterocycles. The number of hydrogen-bond acceptors (Lipinski definition) is 4. The van der Waals surface area contributed by atoms with Gasteiger partial charge in [0, 0.05) is 4.47 Å². The molecule has 24 heavy (non-hydrogen) atoms. The molecule has 0 fully saturated rings. The zero-order chi connectivity index (χ0) is 17.6. The van der Waals surface area contributed by atoms with Gasteiger partial charge in [0.25, 0.3) is 0 Å². The Morgan fingerprint density at radius 3 is 2.33 bits per heavy atom. The first kappa shape index (κ1) is 18.6. The molecule has 7 heteroatoms. The van der Waals surface area contributed by atoms with Gasteiger partial charge in [-0.15, -0.1) is 0 Å². The number of esters is 1. The first-order valence-electron chi connectivity index (χ1n) is 7.41. The average Bonchev–Trinajstić information content (AvgIpc) is 2.55. The van der Waals surface area contributed by atoms with E-state index in [2.05, 4.69) is 20.7 Å². The molecule has 0 saturated carbocycles. The van der Waals surface area contributed by atoms with Crippen molar-refractivity contribution in [3.05, 3.63) is 64.6 Å². The molecule has 0 amide bonds. The minimum Gasteiger partial charge on any atom is -0.465 e. The number of carbonyl (C=O) groups is 1. The summed E-state index contributed by atoms with van der Waals surface area (Å²) in [5, 5.41) is 0. The molecule has 5 nitrogen and oxygen atoms in total. The highest BCUT2D eigenvalue weighted by molar-refractivity contribution is 9.10. The van der Waals surface area contributed by atoms with Crippen LogP contribution in [0.5, 0.6) is 0 Å². The van der Waals surface area contributed by atoms with E-state index in [0.717, 1.165) is 10.0 Å². The first-order valence-corrected chi connectivity index (χ1v) is 9.68. The summed E-state index contributed by atoms with van der Waals surface area (Å²) in [6, 6.07) is 14.4. The van der Waals surface area contributed by atoms with Crippen molar-refractivity contribution in [2.24, 2.45) is 0 Å². The molecule has 1 N–H and O–H groups in total. The summed E-state index contributed by atoms with van der Waals surface area (Å²) in [6.45, 7) is 1.87. The number of nitrogens with one attached hydrogen (secondary N) is 1. The number of hydrogen-bond donors (Lipinski definition) is 1. The lowest BCUT2D eigenvalue weighted by atomic mass is 10.1. The van der Waals surface area contributed by atoms with Crippen molar-refractivity contribution in [3.63, 3.8) is 0 Å². The molecule has 2 aromatic carbocycles. The van der Waals surface area contributed by atoms with E-state index in [1.54, 1.807) is 19.1 Å². The highest BCUT2D eigenvalue weighted by Crippen LogP contribution is 2.16. The van der Waals surface area contributed by atoms with Gasteiger partial charge in [-0.3, -0.25) is 4.79 Å². The van der Waals surface area contributed by atoms with Crippen LogP contribution in [0, 0.1) is 0 Å². The second-order valence-corrected chi connectivity index (χ2v) is 7.70. The molecule has 0 radical (unpaired) electrons. The average molecular weight is 412 g/mol. The quantitative estimate of drug-likeness (QED) is 0.710. The molecular weight excluding hydrogens is 394 g/mol. The van der Waals surface area contributed by atoms with Gasteiger partial charge in [-0.1, -0.05) is 46.3 Å². The first-order chi connectivity index (χ1) is 11.4. The summed E-state index contributed by atoms with van der Waals surface area (Å²) >= 11 is 3.26. The number of benzene rings is 2. The fourth-order valence-electron chi connectivity index (χ4n) is 2.13. The molecule has 0 bridgehead atoms. The predicted molar refractivity (Wildman–Crippen MR) is 95.0 cm³/mol. The molecule has 0 spiro atoms.